The number of fused-ring (bicyclic) bond motifs is 1. The lowest BCUT2D eigenvalue weighted by atomic mass is 9.99. The molecule has 0 saturated carbocycles. The second kappa shape index (κ2) is 12.5. The van der Waals surface area contributed by atoms with Crippen LogP contribution in [-0.2, 0) is 17.8 Å². The van der Waals surface area contributed by atoms with Gasteiger partial charge in [-0.3, -0.25) is 4.79 Å². The number of nitrogens with zero attached hydrogens (tertiary/aromatic N) is 4. The van der Waals surface area contributed by atoms with Crippen LogP contribution in [-0.4, -0.2) is 96.0 Å². The molecule has 1 aromatic heterocycles. The van der Waals surface area contributed by atoms with Gasteiger partial charge in [0.25, 0.3) is 0 Å². The second-order valence-corrected chi connectivity index (χ2v) is 13.0. The Morgan fingerprint density at radius 2 is 1.83 bits per heavy atom. The number of urea groups is 2. The molecule has 1 atom stereocenters. The molecule has 0 radical (unpaired) electrons. The Morgan fingerprint density at radius 1 is 1.15 bits per heavy atom. The van der Waals surface area contributed by atoms with Crippen LogP contribution in [0.4, 0.5) is 21.0 Å². The number of nitrogen functional groups attached to an aromatic ring is 1. The number of amides is 5. The molecule has 0 spiro atoms. The van der Waals surface area contributed by atoms with Gasteiger partial charge in [0.15, 0.2) is 0 Å². The van der Waals surface area contributed by atoms with Crippen molar-refractivity contribution in [1.82, 2.24) is 24.9 Å². The van der Waals surface area contributed by atoms with E-state index in [4.69, 9.17) is 17.3 Å². The van der Waals surface area contributed by atoms with Gasteiger partial charge in [-0.2, -0.15) is 0 Å². The summed E-state index contributed by atoms with van der Waals surface area (Å²) in [6, 6.07) is 5.09. The molecule has 222 valence electrons. The smallest absolute Gasteiger partial charge is 0.322 e. The molecular formula is C29H40ClN7O3S. The molecule has 0 unspecified atom stereocenters. The summed E-state index contributed by atoms with van der Waals surface area (Å²) >= 11 is 8.00. The van der Waals surface area contributed by atoms with Crippen molar-refractivity contribution in [2.24, 2.45) is 0 Å². The van der Waals surface area contributed by atoms with E-state index in [2.05, 4.69) is 29.6 Å². The maximum Gasteiger partial charge on any atom is 0.322 e. The lowest BCUT2D eigenvalue weighted by Crippen LogP contribution is -2.57. The molecule has 0 bridgehead atoms. The summed E-state index contributed by atoms with van der Waals surface area (Å²) in [6.45, 7) is 4.83. The molecule has 2 fully saturated rings. The SMILES string of the molecule is Cc1cc(C[C@@H](NC(=O)N2CCC(N3Cc4sccc4NC3=O)CC2)C(=O)N2CCC(N(C)C)CC2)cc(Cl)c1N. The fraction of sp³-hybridized carbons (Fsp3) is 0.552. The first-order valence-corrected chi connectivity index (χ1v) is 15.6. The molecule has 10 nitrogen and oxygen atoms in total. The van der Waals surface area contributed by atoms with Crippen LogP contribution >= 0.6 is 22.9 Å². The predicted octanol–water partition coefficient (Wildman–Crippen LogP) is 3.98. The van der Waals surface area contributed by atoms with E-state index in [1.165, 1.54) is 0 Å². The van der Waals surface area contributed by atoms with Crippen LogP contribution in [0.3, 0.4) is 0 Å². The van der Waals surface area contributed by atoms with Crippen LogP contribution in [0.25, 0.3) is 0 Å². The van der Waals surface area contributed by atoms with Gasteiger partial charge < -0.3 is 36.0 Å². The Bertz CT molecular complexity index is 1260. The molecule has 2 aromatic rings. The molecule has 4 N–H and O–H groups in total. The van der Waals surface area contributed by atoms with Crippen molar-refractivity contribution >= 4 is 52.3 Å². The third kappa shape index (κ3) is 6.57. The molecule has 12 heteroatoms. The first-order valence-electron chi connectivity index (χ1n) is 14.3. The Morgan fingerprint density at radius 3 is 2.49 bits per heavy atom. The number of carbonyl (C=O) groups excluding carboxylic acids is 3. The zero-order valence-corrected chi connectivity index (χ0v) is 25.6. The van der Waals surface area contributed by atoms with Crippen LogP contribution in [0.15, 0.2) is 23.6 Å². The molecule has 4 heterocycles. The van der Waals surface area contributed by atoms with Gasteiger partial charge in [0, 0.05) is 49.6 Å². The van der Waals surface area contributed by atoms with Gasteiger partial charge in [0.2, 0.25) is 5.91 Å². The van der Waals surface area contributed by atoms with Crippen molar-refractivity contribution in [3.63, 3.8) is 0 Å². The van der Waals surface area contributed by atoms with Crippen molar-refractivity contribution in [1.29, 1.82) is 0 Å². The van der Waals surface area contributed by atoms with E-state index in [0.717, 1.165) is 34.5 Å². The van der Waals surface area contributed by atoms with Gasteiger partial charge in [-0.25, -0.2) is 9.59 Å². The van der Waals surface area contributed by atoms with E-state index in [-0.39, 0.29) is 24.0 Å². The standard InChI is InChI=1S/C29H40ClN7O3S/c1-18-14-19(15-22(30)26(18)31)16-24(27(38)35-9-4-20(5-10-35)34(2)3)33-28(39)36-11-6-21(7-12-36)37-17-25-23(8-13-41-25)32-29(37)40/h8,13-15,20-21,24H,4-7,9-12,16-17,31H2,1-3H3,(H,32,40)(H,33,39)/t24-/m1/s1. The van der Waals surface area contributed by atoms with Crippen molar-refractivity contribution in [3.8, 4) is 0 Å². The second-order valence-electron chi connectivity index (χ2n) is 11.6. The molecule has 3 aliphatic heterocycles. The third-order valence-electron chi connectivity index (χ3n) is 8.69. The molecule has 5 amide bonds. The summed E-state index contributed by atoms with van der Waals surface area (Å²) in [5.74, 6) is -0.0761. The van der Waals surface area contributed by atoms with Crippen molar-refractivity contribution in [2.45, 2.75) is 63.7 Å². The molecule has 2 saturated heterocycles. The highest BCUT2D eigenvalue weighted by Gasteiger charge is 2.35. The van der Waals surface area contributed by atoms with Crippen molar-refractivity contribution < 1.29 is 14.4 Å². The number of carbonyl (C=O) groups is 3. The Balaban J connectivity index is 1.24. The maximum atomic E-state index is 13.8. The largest absolute Gasteiger partial charge is 0.397 e. The number of aryl methyl sites for hydroxylation is 1. The predicted molar refractivity (Wildman–Crippen MR) is 163 cm³/mol. The van der Waals surface area contributed by atoms with E-state index in [0.29, 0.717) is 68.7 Å². The van der Waals surface area contributed by atoms with E-state index in [1.807, 2.05) is 34.2 Å². The zero-order valence-electron chi connectivity index (χ0n) is 24.0. The highest BCUT2D eigenvalue weighted by molar-refractivity contribution is 7.10. The van der Waals surface area contributed by atoms with Crippen LogP contribution in [0.2, 0.25) is 5.02 Å². The van der Waals surface area contributed by atoms with Gasteiger partial charge >= 0.3 is 12.1 Å². The van der Waals surface area contributed by atoms with Gasteiger partial charge in [-0.1, -0.05) is 17.7 Å². The number of anilines is 2. The normalized spacial score (nSPS) is 19.2. The van der Waals surface area contributed by atoms with E-state index in [9.17, 15) is 14.4 Å². The molecule has 5 rings (SSSR count). The number of hydrogen-bond acceptors (Lipinski definition) is 6. The zero-order chi connectivity index (χ0) is 29.3. The quantitative estimate of drug-likeness (QED) is 0.434. The highest BCUT2D eigenvalue weighted by Crippen LogP contribution is 2.31. The average molecular weight is 602 g/mol. The number of likely N-dealkylation sites (tertiary alicyclic amines) is 2. The number of thiophene rings is 1. The average Bonchev–Trinajstić information content (AvgIpc) is 3.42. The fourth-order valence-electron chi connectivity index (χ4n) is 6.11. The summed E-state index contributed by atoms with van der Waals surface area (Å²) in [6.07, 6.45) is 3.50. The minimum atomic E-state index is -0.722. The first-order chi connectivity index (χ1) is 19.6. The summed E-state index contributed by atoms with van der Waals surface area (Å²) in [4.78, 5) is 48.8. The summed E-state index contributed by atoms with van der Waals surface area (Å²) < 4.78 is 0. The molecular weight excluding hydrogens is 562 g/mol. The maximum absolute atomic E-state index is 13.8. The molecule has 3 aliphatic rings. The number of piperidine rings is 2. The van der Waals surface area contributed by atoms with E-state index in [1.54, 1.807) is 22.3 Å². The Labute approximate surface area is 250 Å². The number of halogens is 1. The monoisotopic (exact) mass is 601 g/mol. The molecule has 1 aromatic carbocycles. The number of hydrogen-bond donors (Lipinski definition) is 3. The van der Waals surface area contributed by atoms with Crippen LogP contribution in [0.1, 0.15) is 41.7 Å². The number of nitrogens with two attached hydrogens (primary N) is 1. The topological polar surface area (TPSA) is 114 Å². The highest BCUT2D eigenvalue weighted by atomic mass is 35.5. The first kappa shape index (κ1) is 29.5. The minimum absolute atomic E-state index is 0.0598. The molecule has 0 aliphatic carbocycles. The lowest BCUT2D eigenvalue weighted by Gasteiger charge is -2.40. The fourth-order valence-corrected chi connectivity index (χ4v) is 7.22. The van der Waals surface area contributed by atoms with E-state index >= 15 is 0 Å². The van der Waals surface area contributed by atoms with Crippen LogP contribution in [0.5, 0.6) is 0 Å². The van der Waals surface area contributed by atoms with Gasteiger partial charge in [0.1, 0.15) is 6.04 Å². The number of benzene rings is 1. The van der Waals surface area contributed by atoms with Gasteiger partial charge in [-0.15, -0.1) is 11.3 Å². The summed E-state index contributed by atoms with van der Waals surface area (Å²) in [5, 5.41) is 8.47. The Kier molecular flexibility index (Phi) is 8.96. The van der Waals surface area contributed by atoms with E-state index < -0.39 is 6.04 Å². The minimum Gasteiger partial charge on any atom is -0.397 e. The van der Waals surface area contributed by atoms with Gasteiger partial charge in [-0.05, 0) is 75.3 Å². The van der Waals surface area contributed by atoms with Gasteiger partial charge in [0.05, 0.1) is 22.9 Å². The molecule has 41 heavy (non-hydrogen) atoms. The van der Waals surface area contributed by atoms with Crippen molar-refractivity contribution in [2.75, 3.05) is 51.3 Å². The number of rotatable bonds is 6. The summed E-state index contributed by atoms with van der Waals surface area (Å²) in [5.41, 5.74) is 9.16. The Hall–Kier alpha value is -3.02. The van der Waals surface area contributed by atoms with Crippen LogP contribution < -0.4 is 16.4 Å². The number of nitrogens with one attached hydrogen (secondary N) is 2. The third-order valence-corrected chi connectivity index (χ3v) is 9.91. The van der Waals surface area contributed by atoms with Crippen LogP contribution in [0, 0.1) is 6.92 Å². The lowest BCUT2D eigenvalue weighted by molar-refractivity contribution is -0.134. The van der Waals surface area contributed by atoms with Crippen molar-refractivity contribution in [3.05, 3.63) is 44.6 Å². The summed E-state index contributed by atoms with van der Waals surface area (Å²) in [7, 11) is 4.14.